The van der Waals surface area contributed by atoms with Crippen molar-refractivity contribution in [2.24, 2.45) is 11.1 Å². The summed E-state index contributed by atoms with van der Waals surface area (Å²) >= 11 is 0. The van der Waals surface area contributed by atoms with E-state index in [9.17, 15) is 0 Å². The molecule has 2 unspecified atom stereocenters. The highest BCUT2D eigenvalue weighted by Gasteiger charge is 2.52. The Morgan fingerprint density at radius 3 is 2.45 bits per heavy atom. The molecule has 2 heteroatoms. The van der Waals surface area contributed by atoms with Crippen LogP contribution >= 0.6 is 0 Å². The van der Waals surface area contributed by atoms with Crippen LogP contribution in [0.5, 0.6) is 0 Å². The maximum Gasteiger partial charge on any atom is 0.0936 e. The van der Waals surface area contributed by atoms with Crippen molar-refractivity contribution in [1.29, 1.82) is 0 Å². The van der Waals surface area contributed by atoms with E-state index in [4.69, 9.17) is 10.5 Å². The van der Waals surface area contributed by atoms with Crippen LogP contribution in [0.4, 0.5) is 0 Å². The van der Waals surface area contributed by atoms with Gasteiger partial charge in [-0.3, -0.25) is 0 Å². The van der Waals surface area contributed by atoms with Crippen molar-refractivity contribution in [2.75, 3.05) is 6.61 Å². The molecule has 1 aliphatic heterocycles. The molecule has 1 saturated carbocycles. The molecule has 0 aromatic rings. The van der Waals surface area contributed by atoms with E-state index in [-0.39, 0.29) is 5.60 Å². The Balaban J connectivity index is 2.09. The highest BCUT2D eigenvalue weighted by Crippen LogP contribution is 2.48. The fourth-order valence-electron chi connectivity index (χ4n) is 2.60. The molecule has 0 aromatic carbocycles. The Morgan fingerprint density at radius 2 is 2.00 bits per heavy atom. The largest absolute Gasteiger partial charge is 0.370 e. The summed E-state index contributed by atoms with van der Waals surface area (Å²) in [5.74, 6) is 0. The molecular weight excluding hydrogens is 138 g/mol. The first-order valence-corrected chi connectivity index (χ1v) is 4.41. The molecule has 1 spiro atoms. The van der Waals surface area contributed by atoms with Gasteiger partial charge in [0.2, 0.25) is 0 Å². The molecule has 11 heavy (non-hydrogen) atoms. The van der Waals surface area contributed by atoms with Gasteiger partial charge < -0.3 is 10.5 Å². The van der Waals surface area contributed by atoms with Crippen LogP contribution in [0.3, 0.4) is 0 Å². The summed E-state index contributed by atoms with van der Waals surface area (Å²) < 4.78 is 5.46. The molecule has 2 N–H and O–H groups in total. The van der Waals surface area contributed by atoms with E-state index in [1.165, 1.54) is 6.42 Å². The maximum absolute atomic E-state index is 5.95. The average molecular weight is 155 g/mol. The van der Waals surface area contributed by atoms with Gasteiger partial charge in [0.1, 0.15) is 0 Å². The molecule has 1 heterocycles. The van der Waals surface area contributed by atoms with Crippen molar-refractivity contribution in [1.82, 2.24) is 0 Å². The van der Waals surface area contributed by atoms with Gasteiger partial charge >= 0.3 is 0 Å². The lowest BCUT2D eigenvalue weighted by Crippen LogP contribution is -2.41. The summed E-state index contributed by atoms with van der Waals surface area (Å²) in [6.45, 7) is 5.52. The van der Waals surface area contributed by atoms with Gasteiger partial charge in [0, 0.05) is 6.04 Å². The lowest BCUT2D eigenvalue weighted by molar-refractivity contribution is 0.119. The number of nitrogens with two attached hydrogens (primary N) is 1. The van der Waals surface area contributed by atoms with Crippen LogP contribution in [0.25, 0.3) is 0 Å². The van der Waals surface area contributed by atoms with E-state index in [2.05, 4.69) is 13.8 Å². The Morgan fingerprint density at radius 1 is 1.36 bits per heavy atom. The van der Waals surface area contributed by atoms with E-state index in [0.29, 0.717) is 11.5 Å². The first-order chi connectivity index (χ1) is 5.02. The molecule has 0 aromatic heterocycles. The van der Waals surface area contributed by atoms with Crippen molar-refractivity contribution >= 4 is 0 Å². The molecule has 0 amide bonds. The van der Waals surface area contributed by atoms with E-state index in [0.717, 1.165) is 19.4 Å². The minimum absolute atomic E-state index is 0.209. The van der Waals surface area contributed by atoms with Crippen molar-refractivity contribution in [3.63, 3.8) is 0 Å². The number of epoxide rings is 1. The smallest absolute Gasteiger partial charge is 0.0936 e. The quantitative estimate of drug-likeness (QED) is 0.535. The minimum Gasteiger partial charge on any atom is -0.370 e. The van der Waals surface area contributed by atoms with Crippen LogP contribution < -0.4 is 5.73 Å². The summed E-state index contributed by atoms with van der Waals surface area (Å²) in [5, 5.41) is 0. The van der Waals surface area contributed by atoms with Gasteiger partial charge in [-0.25, -0.2) is 0 Å². The van der Waals surface area contributed by atoms with E-state index in [1.807, 2.05) is 0 Å². The highest BCUT2D eigenvalue weighted by atomic mass is 16.6. The van der Waals surface area contributed by atoms with Crippen LogP contribution in [-0.4, -0.2) is 18.2 Å². The second kappa shape index (κ2) is 1.99. The monoisotopic (exact) mass is 155 g/mol. The van der Waals surface area contributed by atoms with Crippen molar-refractivity contribution in [2.45, 2.75) is 44.8 Å². The van der Waals surface area contributed by atoms with Crippen LogP contribution in [-0.2, 0) is 4.74 Å². The molecule has 2 atom stereocenters. The van der Waals surface area contributed by atoms with Gasteiger partial charge in [-0.05, 0) is 24.7 Å². The topological polar surface area (TPSA) is 38.5 Å². The minimum atomic E-state index is 0.209. The molecule has 2 fully saturated rings. The second-order valence-electron chi connectivity index (χ2n) is 4.98. The standard InChI is InChI=1S/C9H17NO/c1-8(2)3-7(10)4-9(5-8)6-11-9/h7H,3-6,10H2,1-2H3. The van der Waals surface area contributed by atoms with E-state index in [1.54, 1.807) is 0 Å². The van der Waals surface area contributed by atoms with Crippen molar-refractivity contribution in [3.05, 3.63) is 0 Å². The SMILES string of the molecule is CC1(C)CC(N)CC2(CO2)C1. The predicted molar refractivity (Wildman–Crippen MR) is 44.3 cm³/mol. The average Bonchev–Trinajstić information content (AvgIpc) is 2.41. The third kappa shape index (κ3) is 1.42. The fraction of sp³-hybridized carbons (Fsp3) is 1.00. The lowest BCUT2D eigenvalue weighted by atomic mass is 9.70. The Labute approximate surface area is 68.1 Å². The highest BCUT2D eigenvalue weighted by molar-refractivity contribution is 5.03. The molecule has 1 aliphatic carbocycles. The van der Waals surface area contributed by atoms with Crippen molar-refractivity contribution < 1.29 is 4.74 Å². The third-order valence-corrected chi connectivity index (χ3v) is 2.80. The zero-order valence-electron chi connectivity index (χ0n) is 7.39. The number of rotatable bonds is 0. The van der Waals surface area contributed by atoms with Crippen LogP contribution in [0.15, 0.2) is 0 Å². The number of hydrogen-bond donors (Lipinski definition) is 1. The zero-order chi connectivity index (χ0) is 8.11. The van der Waals surface area contributed by atoms with Crippen molar-refractivity contribution in [3.8, 4) is 0 Å². The summed E-state index contributed by atoms with van der Waals surface area (Å²) in [6.07, 6.45) is 3.43. The van der Waals surface area contributed by atoms with Gasteiger partial charge in [-0.15, -0.1) is 0 Å². The fourth-order valence-corrected chi connectivity index (χ4v) is 2.60. The molecule has 2 nitrogen and oxygen atoms in total. The molecule has 2 aliphatic rings. The van der Waals surface area contributed by atoms with Gasteiger partial charge in [0.15, 0.2) is 0 Å². The molecule has 1 saturated heterocycles. The maximum atomic E-state index is 5.95. The molecule has 2 rings (SSSR count). The Hall–Kier alpha value is -0.0800. The Kier molecular flexibility index (Phi) is 1.37. The molecule has 64 valence electrons. The van der Waals surface area contributed by atoms with Crippen LogP contribution in [0, 0.1) is 5.41 Å². The predicted octanol–water partition coefficient (Wildman–Crippen LogP) is 1.29. The summed E-state index contributed by atoms with van der Waals surface area (Å²) in [6, 6.07) is 0.362. The molecular formula is C9H17NO. The second-order valence-corrected chi connectivity index (χ2v) is 4.98. The van der Waals surface area contributed by atoms with E-state index < -0.39 is 0 Å². The summed E-state index contributed by atoms with van der Waals surface area (Å²) in [7, 11) is 0. The number of ether oxygens (including phenoxy) is 1. The number of hydrogen-bond acceptors (Lipinski definition) is 2. The summed E-state index contributed by atoms with van der Waals surface area (Å²) in [4.78, 5) is 0. The third-order valence-electron chi connectivity index (χ3n) is 2.80. The van der Waals surface area contributed by atoms with Gasteiger partial charge in [-0.1, -0.05) is 13.8 Å². The molecule has 0 radical (unpaired) electrons. The van der Waals surface area contributed by atoms with Gasteiger partial charge in [0.25, 0.3) is 0 Å². The lowest BCUT2D eigenvalue weighted by Gasteiger charge is -2.37. The van der Waals surface area contributed by atoms with Crippen LogP contribution in [0.1, 0.15) is 33.1 Å². The van der Waals surface area contributed by atoms with Gasteiger partial charge in [0.05, 0.1) is 12.2 Å². The van der Waals surface area contributed by atoms with E-state index >= 15 is 0 Å². The first-order valence-electron chi connectivity index (χ1n) is 4.41. The summed E-state index contributed by atoms with van der Waals surface area (Å²) in [5.41, 5.74) is 6.55. The van der Waals surface area contributed by atoms with Crippen LogP contribution in [0.2, 0.25) is 0 Å². The Bertz CT molecular complexity index is 166. The normalized spacial score (nSPS) is 47.7. The first kappa shape index (κ1) is 7.56. The molecule has 0 bridgehead atoms. The zero-order valence-corrected chi connectivity index (χ0v) is 7.39. The van der Waals surface area contributed by atoms with Gasteiger partial charge in [-0.2, -0.15) is 0 Å².